The lowest BCUT2D eigenvalue weighted by Gasteiger charge is -2.23. The molecule has 3 rings (SSSR count). The summed E-state index contributed by atoms with van der Waals surface area (Å²) in [5.74, 6) is -0.656. The quantitative estimate of drug-likeness (QED) is 0.870. The van der Waals surface area contributed by atoms with E-state index in [4.69, 9.17) is 0 Å². The Morgan fingerprint density at radius 2 is 2.32 bits per heavy atom. The van der Waals surface area contributed by atoms with Crippen molar-refractivity contribution in [1.82, 2.24) is 20.4 Å². The third-order valence-electron chi connectivity index (χ3n) is 4.77. The van der Waals surface area contributed by atoms with Crippen molar-refractivity contribution in [3.63, 3.8) is 0 Å². The standard InChI is InChI=1S/C14H20N4O3S/c1-9-16-17-11(22-9)4-6-15-13(21)18-7-10-3-2-5-14(10,8-18)12(19)20/h10H,2-8H2,1H3,(H,15,21)(H,19,20)/t10-,14+/m0/s1. The molecule has 0 bridgehead atoms. The number of carbonyl (C=O) groups excluding carboxylic acids is 1. The summed E-state index contributed by atoms with van der Waals surface area (Å²) in [6.07, 6.45) is 3.18. The van der Waals surface area contributed by atoms with Gasteiger partial charge in [-0.3, -0.25) is 4.79 Å². The first kappa shape index (κ1) is 15.2. The largest absolute Gasteiger partial charge is 0.481 e. The summed E-state index contributed by atoms with van der Waals surface area (Å²) in [6.45, 7) is 3.27. The second-order valence-corrected chi connectivity index (χ2v) is 7.39. The van der Waals surface area contributed by atoms with E-state index >= 15 is 0 Å². The fraction of sp³-hybridized carbons (Fsp3) is 0.714. The number of urea groups is 1. The number of carboxylic acid groups (broad SMARTS) is 1. The summed E-state index contributed by atoms with van der Waals surface area (Å²) in [5, 5.41) is 22.2. The van der Waals surface area contributed by atoms with E-state index in [1.807, 2.05) is 6.92 Å². The van der Waals surface area contributed by atoms with Gasteiger partial charge >= 0.3 is 12.0 Å². The van der Waals surface area contributed by atoms with E-state index in [1.165, 1.54) is 11.3 Å². The van der Waals surface area contributed by atoms with Crippen molar-refractivity contribution in [1.29, 1.82) is 0 Å². The maximum absolute atomic E-state index is 12.2. The zero-order chi connectivity index (χ0) is 15.7. The molecule has 2 heterocycles. The lowest BCUT2D eigenvalue weighted by Crippen LogP contribution is -2.42. The number of amides is 2. The number of likely N-dealkylation sites (tertiary alicyclic amines) is 1. The first-order valence-electron chi connectivity index (χ1n) is 7.56. The Bertz CT molecular complexity index is 590. The van der Waals surface area contributed by atoms with E-state index < -0.39 is 11.4 Å². The highest BCUT2D eigenvalue weighted by Gasteiger charge is 2.55. The van der Waals surface area contributed by atoms with Crippen LogP contribution in [0.25, 0.3) is 0 Å². The molecule has 120 valence electrons. The number of rotatable bonds is 4. The Kier molecular flexibility index (Phi) is 4.03. The van der Waals surface area contributed by atoms with Crippen molar-refractivity contribution in [2.75, 3.05) is 19.6 Å². The number of aryl methyl sites for hydroxylation is 1. The first-order chi connectivity index (χ1) is 10.5. The molecule has 22 heavy (non-hydrogen) atoms. The molecule has 0 spiro atoms. The topological polar surface area (TPSA) is 95.4 Å². The lowest BCUT2D eigenvalue weighted by molar-refractivity contribution is -0.149. The monoisotopic (exact) mass is 324 g/mol. The third kappa shape index (κ3) is 2.67. The Balaban J connectivity index is 1.52. The highest BCUT2D eigenvalue weighted by atomic mass is 32.1. The van der Waals surface area contributed by atoms with Gasteiger partial charge in [0.05, 0.1) is 5.41 Å². The van der Waals surface area contributed by atoms with Crippen LogP contribution in [-0.2, 0) is 11.2 Å². The van der Waals surface area contributed by atoms with E-state index in [0.29, 0.717) is 32.5 Å². The van der Waals surface area contributed by atoms with Crippen LogP contribution >= 0.6 is 11.3 Å². The second-order valence-electron chi connectivity index (χ2n) is 6.13. The van der Waals surface area contributed by atoms with Gasteiger partial charge in [-0.25, -0.2) is 4.79 Å². The molecule has 1 aliphatic heterocycles. The molecule has 1 saturated carbocycles. The molecule has 0 radical (unpaired) electrons. The van der Waals surface area contributed by atoms with Gasteiger partial charge < -0.3 is 15.3 Å². The number of hydrogen-bond acceptors (Lipinski definition) is 5. The fourth-order valence-electron chi connectivity index (χ4n) is 3.62. The van der Waals surface area contributed by atoms with Crippen molar-refractivity contribution in [3.05, 3.63) is 10.0 Å². The molecule has 7 nitrogen and oxygen atoms in total. The van der Waals surface area contributed by atoms with Crippen molar-refractivity contribution >= 4 is 23.3 Å². The Morgan fingerprint density at radius 3 is 2.95 bits per heavy atom. The molecule has 2 N–H and O–H groups in total. The van der Waals surface area contributed by atoms with Crippen LogP contribution < -0.4 is 5.32 Å². The van der Waals surface area contributed by atoms with Gasteiger partial charge in [-0.15, -0.1) is 21.5 Å². The highest BCUT2D eigenvalue weighted by molar-refractivity contribution is 7.11. The Morgan fingerprint density at radius 1 is 1.50 bits per heavy atom. The van der Waals surface area contributed by atoms with Crippen LogP contribution in [0.2, 0.25) is 0 Å². The SMILES string of the molecule is Cc1nnc(CCNC(=O)N2C[C@@H]3CCC[C@@]3(C(=O)O)C2)s1. The second kappa shape index (κ2) is 5.83. The van der Waals surface area contributed by atoms with Gasteiger partial charge in [-0.05, 0) is 25.7 Å². The van der Waals surface area contributed by atoms with E-state index in [1.54, 1.807) is 4.90 Å². The molecular weight excluding hydrogens is 304 g/mol. The number of fused-ring (bicyclic) bond motifs is 1. The molecule has 2 amide bonds. The fourth-order valence-corrected chi connectivity index (χ4v) is 4.33. The van der Waals surface area contributed by atoms with Crippen LogP contribution in [0.5, 0.6) is 0 Å². The summed E-state index contributed by atoms with van der Waals surface area (Å²) in [4.78, 5) is 25.5. The van der Waals surface area contributed by atoms with Crippen molar-refractivity contribution < 1.29 is 14.7 Å². The van der Waals surface area contributed by atoms with Crippen molar-refractivity contribution in [2.24, 2.45) is 11.3 Å². The minimum atomic E-state index is -0.755. The van der Waals surface area contributed by atoms with Gasteiger partial charge in [0, 0.05) is 26.1 Å². The average molecular weight is 324 g/mol. The summed E-state index contributed by atoms with van der Waals surface area (Å²) in [5.41, 5.74) is -0.715. The van der Waals surface area contributed by atoms with Crippen LogP contribution in [-0.4, -0.2) is 51.8 Å². The number of nitrogens with one attached hydrogen (secondary N) is 1. The molecule has 1 aromatic heterocycles. The smallest absolute Gasteiger partial charge is 0.317 e. The maximum atomic E-state index is 12.2. The maximum Gasteiger partial charge on any atom is 0.317 e. The lowest BCUT2D eigenvalue weighted by atomic mass is 9.81. The number of carboxylic acids is 1. The molecule has 2 fully saturated rings. The molecule has 1 aliphatic carbocycles. The van der Waals surface area contributed by atoms with Crippen LogP contribution in [0, 0.1) is 18.3 Å². The van der Waals surface area contributed by atoms with Gasteiger partial charge in [-0.2, -0.15) is 0 Å². The van der Waals surface area contributed by atoms with Crippen molar-refractivity contribution in [3.8, 4) is 0 Å². The molecule has 2 aliphatic rings. The van der Waals surface area contributed by atoms with Crippen LogP contribution in [0.3, 0.4) is 0 Å². The van der Waals surface area contributed by atoms with Gasteiger partial charge in [-0.1, -0.05) is 6.42 Å². The number of nitrogens with zero attached hydrogens (tertiary/aromatic N) is 3. The molecule has 0 aromatic carbocycles. The first-order valence-corrected chi connectivity index (χ1v) is 8.38. The highest BCUT2D eigenvalue weighted by Crippen LogP contribution is 2.48. The van der Waals surface area contributed by atoms with Crippen LogP contribution in [0.4, 0.5) is 4.79 Å². The molecule has 1 aromatic rings. The summed E-state index contributed by atoms with van der Waals surface area (Å²) < 4.78 is 0. The minimum absolute atomic E-state index is 0.0987. The normalized spacial score (nSPS) is 27.0. The molecule has 0 unspecified atom stereocenters. The number of aliphatic carboxylic acids is 1. The average Bonchev–Trinajstić information content (AvgIpc) is 3.12. The Labute approximate surface area is 132 Å². The van der Waals surface area contributed by atoms with E-state index in [0.717, 1.165) is 22.9 Å². The molecule has 8 heteroatoms. The van der Waals surface area contributed by atoms with Crippen LogP contribution in [0.1, 0.15) is 29.3 Å². The van der Waals surface area contributed by atoms with Gasteiger partial charge in [0.1, 0.15) is 10.0 Å². The van der Waals surface area contributed by atoms with Gasteiger partial charge in [0.15, 0.2) is 0 Å². The Hall–Kier alpha value is -1.70. The van der Waals surface area contributed by atoms with E-state index in [9.17, 15) is 14.7 Å². The summed E-state index contributed by atoms with van der Waals surface area (Å²) in [6, 6.07) is -0.170. The predicted octanol–water partition coefficient (Wildman–Crippen LogP) is 1.29. The zero-order valence-electron chi connectivity index (χ0n) is 12.5. The summed E-state index contributed by atoms with van der Waals surface area (Å²) in [7, 11) is 0. The van der Waals surface area contributed by atoms with E-state index in [2.05, 4.69) is 15.5 Å². The third-order valence-corrected chi connectivity index (χ3v) is 5.67. The van der Waals surface area contributed by atoms with Gasteiger partial charge in [0.2, 0.25) is 0 Å². The number of hydrogen-bond donors (Lipinski definition) is 2. The zero-order valence-corrected chi connectivity index (χ0v) is 13.4. The number of carbonyl (C=O) groups is 2. The molecular formula is C14H20N4O3S. The molecule has 2 atom stereocenters. The predicted molar refractivity (Wildman–Crippen MR) is 80.7 cm³/mol. The minimum Gasteiger partial charge on any atom is -0.481 e. The summed E-state index contributed by atoms with van der Waals surface area (Å²) >= 11 is 1.52. The van der Waals surface area contributed by atoms with Crippen LogP contribution in [0.15, 0.2) is 0 Å². The van der Waals surface area contributed by atoms with Crippen molar-refractivity contribution in [2.45, 2.75) is 32.6 Å². The van der Waals surface area contributed by atoms with Gasteiger partial charge in [0.25, 0.3) is 0 Å². The number of aromatic nitrogens is 2. The molecule has 1 saturated heterocycles. The van der Waals surface area contributed by atoms with E-state index in [-0.39, 0.29) is 11.9 Å².